The molecule has 2 nitrogen and oxygen atoms in total. The zero-order valence-corrected chi connectivity index (χ0v) is 12.0. The van der Waals surface area contributed by atoms with Crippen LogP contribution in [0.2, 0.25) is 0 Å². The molecule has 2 heteroatoms. The number of nitrogens with one attached hydrogen (secondary N) is 1. The van der Waals surface area contributed by atoms with Gasteiger partial charge in [0.25, 0.3) is 0 Å². The zero-order chi connectivity index (χ0) is 13.0. The summed E-state index contributed by atoms with van der Waals surface area (Å²) >= 11 is 0. The van der Waals surface area contributed by atoms with Crippen molar-refractivity contribution in [3.63, 3.8) is 0 Å². The first-order chi connectivity index (χ1) is 8.70. The Morgan fingerprint density at radius 2 is 2.06 bits per heavy atom. The lowest BCUT2D eigenvalue weighted by Gasteiger charge is -2.22. The molecule has 0 spiro atoms. The van der Waals surface area contributed by atoms with E-state index < -0.39 is 0 Å². The molecule has 1 aliphatic rings. The Balaban J connectivity index is 2.12. The molecular weight excluding hydrogens is 220 g/mol. The first-order valence-electron chi connectivity index (χ1n) is 7.37. The van der Waals surface area contributed by atoms with Crippen molar-refractivity contribution in [2.45, 2.75) is 58.9 Å². The molecule has 1 unspecified atom stereocenters. The summed E-state index contributed by atoms with van der Waals surface area (Å²) < 4.78 is 0. The maximum Gasteiger partial charge on any atom is 0.0602 e. The summed E-state index contributed by atoms with van der Waals surface area (Å²) in [5.41, 5.74) is 3.85. The molecule has 0 radical (unpaired) electrons. The largest absolute Gasteiger partial charge is 0.309 e. The zero-order valence-electron chi connectivity index (χ0n) is 12.0. The Bertz CT molecular complexity index is 381. The maximum absolute atomic E-state index is 4.68. The first-order valence-corrected chi connectivity index (χ1v) is 7.37. The molecule has 100 valence electrons. The number of aryl methyl sites for hydroxylation is 2. The van der Waals surface area contributed by atoms with Crippen molar-refractivity contribution in [2.75, 3.05) is 6.54 Å². The average Bonchev–Trinajstić information content (AvgIpc) is 2.81. The summed E-state index contributed by atoms with van der Waals surface area (Å²) in [7, 11) is 0. The summed E-state index contributed by atoms with van der Waals surface area (Å²) in [6.45, 7) is 7.51. The lowest BCUT2D eigenvalue weighted by atomic mass is 9.94. The molecule has 0 saturated heterocycles. The van der Waals surface area contributed by atoms with Crippen LogP contribution >= 0.6 is 0 Å². The molecule has 2 rings (SSSR count). The highest BCUT2D eigenvalue weighted by atomic mass is 14.9. The van der Waals surface area contributed by atoms with Gasteiger partial charge in [-0.15, -0.1) is 0 Å². The number of hydrogen-bond acceptors (Lipinski definition) is 2. The summed E-state index contributed by atoms with van der Waals surface area (Å²) in [5, 5.41) is 3.62. The van der Waals surface area contributed by atoms with Gasteiger partial charge in [-0.1, -0.05) is 38.7 Å². The Morgan fingerprint density at radius 1 is 1.33 bits per heavy atom. The minimum absolute atomic E-state index is 0.443. The molecule has 0 bridgehead atoms. The molecule has 1 heterocycles. The number of aromatic nitrogens is 1. The standard InChI is InChI=1S/C16H26N2/c1-4-17-15(10-14-7-5-6-8-14)16-13(3)9-12(2)11-18-16/h9,11,14-15,17H,4-8,10H2,1-3H3. The van der Waals surface area contributed by atoms with Crippen LogP contribution in [0, 0.1) is 19.8 Å². The van der Waals surface area contributed by atoms with Gasteiger partial charge in [0.1, 0.15) is 0 Å². The van der Waals surface area contributed by atoms with Gasteiger partial charge >= 0.3 is 0 Å². The highest BCUT2D eigenvalue weighted by Gasteiger charge is 2.22. The van der Waals surface area contributed by atoms with Gasteiger partial charge in [-0.25, -0.2) is 0 Å². The third-order valence-electron chi connectivity index (χ3n) is 4.08. The predicted molar refractivity (Wildman–Crippen MR) is 76.7 cm³/mol. The van der Waals surface area contributed by atoms with Crippen molar-refractivity contribution < 1.29 is 0 Å². The molecule has 18 heavy (non-hydrogen) atoms. The van der Waals surface area contributed by atoms with E-state index in [9.17, 15) is 0 Å². The van der Waals surface area contributed by atoms with Gasteiger partial charge in [0.15, 0.2) is 0 Å². The monoisotopic (exact) mass is 246 g/mol. The molecular formula is C16H26N2. The van der Waals surface area contributed by atoms with Crippen molar-refractivity contribution >= 4 is 0 Å². The van der Waals surface area contributed by atoms with Crippen molar-refractivity contribution in [1.29, 1.82) is 0 Å². The predicted octanol–water partition coefficient (Wildman–Crippen LogP) is 3.93. The van der Waals surface area contributed by atoms with E-state index in [4.69, 9.17) is 0 Å². The van der Waals surface area contributed by atoms with Crippen LogP contribution < -0.4 is 5.32 Å². The second-order valence-electron chi connectivity index (χ2n) is 5.71. The molecule has 1 saturated carbocycles. The summed E-state index contributed by atoms with van der Waals surface area (Å²) in [5.74, 6) is 0.900. The molecule has 1 aromatic heterocycles. The molecule has 1 atom stereocenters. The fourth-order valence-corrected chi connectivity index (χ4v) is 3.21. The molecule has 1 fully saturated rings. The summed E-state index contributed by atoms with van der Waals surface area (Å²) in [4.78, 5) is 4.68. The van der Waals surface area contributed by atoms with E-state index in [1.807, 2.05) is 6.20 Å². The Labute approximate surface area is 111 Å². The van der Waals surface area contributed by atoms with E-state index in [0.717, 1.165) is 12.5 Å². The van der Waals surface area contributed by atoms with Gasteiger partial charge in [-0.2, -0.15) is 0 Å². The van der Waals surface area contributed by atoms with Crippen LogP contribution in [-0.4, -0.2) is 11.5 Å². The van der Waals surface area contributed by atoms with E-state index in [1.54, 1.807) is 0 Å². The number of hydrogen-bond donors (Lipinski definition) is 1. The van der Waals surface area contributed by atoms with E-state index in [1.165, 1.54) is 48.9 Å². The van der Waals surface area contributed by atoms with Crippen molar-refractivity contribution in [1.82, 2.24) is 10.3 Å². The van der Waals surface area contributed by atoms with Gasteiger partial charge in [-0.05, 0) is 43.9 Å². The minimum Gasteiger partial charge on any atom is -0.309 e. The fraction of sp³-hybridized carbons (Fsp3) is 0.688. The van der Waals surface area contributed by atoms with Gasteiger partial charge < -0.3 is 5.32 Å². The SMILES string of the molecule is CCNC(CC1CCCC1)c1ncc(C)cc1C. The van der Waals surface area contributed by atoms with Gasteiger partial charge in [0.05, 0.1) is 5.69 Å². The van der Waals surface area contributed by atoms with Crippen LogP contribution in [0.5, 0.6) is 0 Å². The van der Waals surface area contributed by atoms with Crippen LogP contribution in [0.25, 0.3) is 0 Å². The topological polar surface area (TPSA) is 24.9 Å². The molecule has 0 aliphatic heterocycles. The summed E-state index contributed by atoms with van der Waals surface area (Å²) in [6.07, 6.45) is 8.92. The third kappa shape index (κ3) is 3.32. The van der Waals surface area contributed by atoms with Gasteiger partial charge in [-0.3, -0.25) is 4.98 Å². The third-order valence-corrected chi connectivity index (χ3v) is 4.08. The van der Waals surface area contributed by atoms with Crippen LogP contribution in [0.15, 0.2) is 12.3 Å². The lowest BCUT2D eigenvalue weighted by Crippen LogP contribution is -2.24. The minimum atomic E-state index is 0.443. The second kappa shape index (κ2) is 6.33. The van der Waals surface area contributed by atoms with Crippen LogP contribution in [0.4, 0.5) is 0 Å². The molecule has 1 aliphatic carbocycles. The molecule has 0 amide bonds. The summed E-state index contributed by atoms with van der Waals surface area (Å²) in [6, 6.07) is 2.69. The van der Waals surface area contributed by atoms with Crippen LogP contribution in [0.1, 0.15) is 61.9 Å². The van der Waals surface area contributed by atoms with E-state index in [0.29, 0.717) is 6.04 Å². The normalized spacial score (nSPS) is 18.2. The van der Waals surface area contributed by atoms with Crippen molar-refractivity contribution in [3.8, 4) is 0 Å². The number of nitrogens with zero attached hydrogens (tertiary/aromatic N) is 1. The van der Waals surface area contributed by atoms with E-state index in [2.05, 4.69) is 37.1 Å². The van der Waals surface area contributed by atoms with Crippen molar-refractivity contribution in [2.24, 2.45) is 5.92 Å². The second-order valence-corrected chi connectivity index (χ2v) is 5.71. The smallest absolute Gasteiger partial charge is 0.0602 e. The van der Waals surface area contributed by atoms with Gasteiger partial charge in [0.2, 0.25) is 0 Å². The van der Waals surface area contributed by atoms with Crippen molar-refractivity contribution in [3.05, 3.63) is 29.1 Å². The molecule has 1 aromatic rings. The van der Waals surface area contributed by atoms with Gasteiger partial charge in [0, 0.05) is 12.2 Å². The van der Waals surface area contributed by atoms with Crippen LogP contribution in [-0.2, 0) is 0 Å². The fourth-order valence-electron chi connectivity index (χ4n) is 3.21. The Morgan fingerprint density at radius 3 is 2.67 bits per heavy atom. The highest BCUT2D eigenvalue weighted by Crippen LogP contribution is 2.33. The quantitative estimate of drug-likeness (QED) is 0.851. The molecule has 0 aromatic carbocycles. The lowest BCUT2D eigenvalue weighted by molar-refractivity contribution is 0.394. The highest BCUT2D eigenvalue weighted by molar-refractivity contribution is 5.25. The average molecular weight is 246 g/mol. The van der Waals surface area contributed by atoms with E-state index >= 15 is 0 Å². The number of pyridine rings is 1. The van der Waals surface area contributed by atoms with Crippen LogP contribution in [0.3, 0.4) is 0 Å². The maximum atomic E-state index is 4.68. The molecule has 1 N–H and O–H groups in total. The Hall–Kier alpha value is -0.890. The number of rotatable bonds is 5. The Kier molecular flexibility index (Phi) is 4.76. The van der Waals surface area contributed by atoms with E-state index in [-0.39, 0.29) is 0 Å². The first kappa shape index (κ1) is 13.5.